The molecule has 0 amide bonds. The molecule has 0 spiro atoms. The van der Waals surface area contributed by atoms with Crippen molar-refractivity contribution in [3.63, 3.8) is 0 Å². The van der Waals surface area contributed by atoms with E-state index in [1.54, 1.807) is 13.8 Å². The monoisotopic (exact) mass is 646 g/mol. The third kappa shape index (κ3) is 19.2. The Bertz CT molecular complexity index is 929. The zero-order chi connectivity index (χ0) is 29.8. The molecule has 0 aliphatic carbocycles. The molecule has 0 bridgehead atoms. The minimum Gasteiger partial charge on any atom is -0.389 e. The largest absolute Gasteiger partial charge is 0.389 e. The number of aliphatic hydroxyl groups is 2. The number of halogens is 2. The number of aliphatic imine (C=N–C) groups is 2. The third-order valence-electron chi connectivity index (χ3n) is 4.81. The van der Waals surface area contributed by atoms with E-state index in [9.17, 15) is 10.2 Å². The van der Waals surface area contributed by atoms with Gasteiger partial charge in [0, 0.05) is 16.5 Å². The van der Waals surface area contributed by atoms with Crippen LogP contribution in [-0.4, -0.2) is 56.1 Å². The molecule has 4 atom stereocenters. The number of rotatable bonds is 9. The van der Waals surface area contributed by atoms with Crippen molar-refractivity contribution in [2.75, 3.05) is 13.1 Å². The van der Waals surface area contributed by atoms with E-state index in [0.717, 1.165) is 11.4 Å². The van der Waals surface area contributed by atoms with Gasteiger partial charge in [0.25, 0.3) is 0 Å². The number of imidazole rings is 2. The van der Waals surface area contributed by atoms with Gasteiger partial charge in [-0.15, -0.1) is 20.5 Å². The molecule has 0 aromatic carbocycles. The fourth-order valence-electron chi connectivity index (χ4n) is 3.54. The van der Waals surface area contributed by atoms with E-state index in [2.05, 4.69) is 9.98 Å². The predicted octanol–water partition coefficient (Wildman–Crippen LogP) is -9.11. The van der Waals surface area contributed by atoms with Gasteiger partial charge in [-0.05, 0) is 27.7 Å². The number of nitrogens with zero attached hydrogens (tertiary/aromatic N) is 6. The van der Waals surface area contributed by atoms with E-state index in [1.165, 1.54) is 0 Å². The number of aromatic nitrogens is 4. The summed E-state index contributed by atoms with van der Waals surface area (Å²) in [5, 5.41) is 20.4. The van der Waals surface area contributed by atoms with Crippen molar-refractivity contribution in [2.24, 2.45) is 24.1 Å². The van der Waals surface area contributed by atoms with Gasteiger partial charge in [0.15, 0.2) is 12.1 Å². The molecule has 4 unspecified atom stereocenters. The standard InChI is InChI=1S/C20H34N6O2.2ClHO4.Ni/c1-15(19(17(3)27)25-11-9-23(5)13-25)21-7-8-22-16(2)20(18(4)28)26-12-10-24(6)14-26;2*2-1(3,4)5;/h9-14,17-20,27-28H,7-8H2,1-6H3;2*(H,2,3,4,5);/q+2;;;/p-2. The summed E-state index contributed by atoms with van der Waals surface area (Å²) in [5.41, 5.74) is 1.73. The molecule has 0 saturated heterocycles. The van der Waals surface area contributed by atoms with Crippen LogP contribution in [0.25, 0.3) is 0 Å². The second kappa shape index (κ2) is 18.0. The molecular weight excluding hydrogens is 614 g/mol. The average molecular weight is 648 g/mol. The molecule has 0 radical (unpaired) electrons. The second-order valence-electron chi connectivity index (χ2n) is 8.23. The minimum absolute atomic E-state index is 0. The first-order valence-electron chi connectivity index (χ1n) is 10.9. The minimum atomic E-state index is -4.94. The molecule has 16 nitrogen and oxygen atoms in total. The Hall–Kier alpha value is -1.57. The topological polar surface area (TPSA) is 267 Å². The van der Waals surface area contributed by atoms with Crippen LogP contribution in [0.4, 0.5) is 0 Å². The number of hydrogen-bond acceptors (Lipinski definition) is 12. The van der Waals surface area contributed by atoms with Crippen LogP contribution in [-0.2, 0) is 30.6 Å². The first kappa shape index (κ1) is 39.6. The van der Waals surface area contributed by atoms with E-state index in [-0.39, 0.29) is 28.6 Å². The molecule has 0 fully saturated rings. The van der Waals surface area contributed by atoms with Gasteiger partial charge >= 0.3 is 0 Å². The number of aliphatic hydroxyl groups excluding tert-OH is 2. The third-order valence-corrected chi connectivity index (χ3v) is 4.81. The van der Waals surface area contributed by atoms with E-state index in [4.69, 9.17) is 37.3 Å². The molecule has 2 rings (SSSR count). The SMILES string of the molecule is CC(=NCCN=C(C)C(C(C)O)n1cc[n+](C)c1)C(C(C)O)n1cc[n+](C)c1.[Ni].[O-][Cl+3]([O-])([O-])[O-].[O-][Cl+3]([O-])([O-])[O-]. The fraction of sp³-hybridized carbons (Fsp3) is 0.600. The Morgan fingerprint density at radius 1 is 0.718 bits per heavy atom. The zero-order valence-corrected chi connectivity index (χ0v) is 24.6. The van der Waals surface area contributed by atoms with Crippen LogP contribution in [0.3, 0.4) is 0 Å². The Morgan fingerprint density at radius 3 is 1.15 bits per heavy atom. The van der Waals surface area contributed by atoms with Crippen molar-refractivity contribution in [1.82, 2.24) is 9.13 Å². The van der Waals surface area contributed by atoms with E-state index in [0.29, 0.717) is 13.1 Å². The smallest absolute Gasteiger partial charge is 0.244 e. The molecule has 2 aromatic heterocycles. The molecule has 2 N–H and O–H groups in total. The Labute approximate surface area is 240 Å². The molecule has 2 heterocycles. The molecule has 19 heteroatoms. The summed E-state index contributed by atoms with van der Waals surface area (Å²) >= 11 is 0. The summed E-state index contributed by atoms with van der Waals surface area (Å²) in [7, 11) is -5.99. The van der Waals surface area contributed by atoms with E-state index >= 15 is 0 Å². The quantitative estimate of drug-likeness (QED) is 0.112. The maximum absolute atomic E-state index is 10.2. The molecule has 0 saturated carbocycles. The summed E-state index contributed by atoms with van der Waals surface area (Å²) in [6.07, 6.45) is 10.5. The zero-order valence-electron chi connectivity index (χ0n) is 22.1. The maximum Gasteiger partial charge on any atom is 0.244 e. The van der Waals surface area contributed by atoms with Crippen LogP contribution in [0, 0.1) is 20.5 Å². The van der Waals surface area contributed by atoms with Gasteiger partial charge in [-0.3, -0.25) is 9.98 Å². The van der Waals surface area contributed by atoms with Crippen LogP contribution >= 0.6 is 0 Å². The van der Waals surface area contributed by atoms with Crippen molar-refractivity contribution in [2.45, 2.75) is 52.0 Å². The average Bonchev–Trinajstić information content (AvgIpc) is 3.30. The first-order valence-corrected chi connectivity index (χ1v) is 13.3. The van der Waals surface area contributed by atoms with Gasteiger partial charge in [-0.2, -0.15) is 0 Å². The van der Waals surface area contributed by atoms with Crippen molar-refractivity contribution in [3.05, 3.63) is 37.4 Å². The van der Waals surface area contributed by atoms with E-state index in [1.807, 2.05) is 83.7 Å². The fourth-order valence-corrected chi connectivity index (χ4v) is 3.54. The van der Waals surface area contributed by atoms with Crippen LogP contribution in [0.1, 0.15) is 39.8 Å². The van der Waals surface area contributed by atoms with Gasteiger partial charge in [0.1, 0.15) is 24.8 Å². The van der Waals surface area contributed by atoms with Crippen LogP contribution in [0.15, 0.2) is 47.4 Å². The van der Waals surface area contributed by atoms with Crippen LogP contribution in [0.2, 0.25) is 0 Å². The molecular formula is C20H34Cl2N6NiO10. The molecule has 39 heavy (non-hydrogen) atoms. The predicted molar refractivity (Wildman–Crippen MR) is 109 cm³/mol. The maximum atomic E-state index is 10.2. The van der Waals surface area contributed by atoms with Crippen molar-refractivity contribution in [3.8, 4) is 0 Å². The second-order valence-corrected chi connectivity index (χ2v) is 9.74. The Kier molecular flexibility index (Phi) is 18.2. The van der Waals surface area contributed by atoms with Crippen molar-refractivity contribution < 1.29 is 93.6 Å². The molecule has 2 aromatic rings. The van der Waals surface area contributed by atoms with Gasteiger partial charge < -0.3 is 10.2 Å². The summed E-state index contributed by atoms with van der Waals surface area (Å²) in [4.78, 5) is 9.26. The van der Waals surface area contributed by atoms with Gasteiger partial charge in [-0.1, -0.05) is 0 Å². The summed E-state index contributed by atoms with van der Waals surface area (Å²) < 4.78 is 75.8. The van der Waals surface area contributed by atoms with Gasteiger partial charge in [0.2, 0.25) is 12.7 Å². The normalized spacial score (nSPS) is 15.6. The van der Waals surface area contributed by atoms with Crippen LogP contribution < -0.4 is 46.4 Å². The van der Waals surface area contributed by atoms with Gasteiger partial charge in [-0.25, -0.2) is 55.5 Å². The van der Waals surface area contributed by atoms with Gasteiger partial charge in [0.05, 0.1) is 50.8 Å². The summed E-state index contributed by atoms with van der Waals surface area (Å²) in [6.45, 7) is 8.49. The number of hydrogen-bond donors (Lipinski definition) is 2. The summed E-state index contributed by atoms with van der Waals surface area (Å²) in [5.74, 6) is 0. The van der Waals surface area contributed by atoms with Crippen molar-refractivity contribution >= 4 is 11.4 Å². The number of aryl methyl sites for hydroxylation is 2. The van der Waals surface area contributed by atoms with E-state index < -0.39 is 32.7 Å². The molecule has 0 aliphatic rings. The first-order chi connectivity index (χ1) is 17.2. The molecule has 228 valence electrons. The van der Waals surface area contributed by atoms with Crippen LogP contribution in [0.5, 0.6) is 0 Å². The Balaban J connectivity index is 0. The molecule has 0 aliphatic heterocycles. The van der Waals surface area contributed by atoms with Crippen molar-refractivity contribution in [1.29, 1.82) is 0 Å². The Morgan fingerprint density at radius 2 is 0.974 bits per heavy atom. The summed E-state index contributed by atoms with van der Waals surface area (Å²) in [6, 6.07) is -0.396.